The van der Waals surface area contributed by atoms with Crippen molar-refractivity contribution < 1.29 is 28.7 Å². The predicted octanol–water partition coefficient (Wildman–Crippen LogP) is 1.37. The largest absolute Gasteiger partial charge is 0.484 e. The van der Waals surface area contributed by atoms with Gasteiger partial charge in [-0.25, -0.2) is 10.2 Å². The van der Waals surface area contributed by atoms with Crippen LogP contribution in [-0.2, 0) is 32.0 Å². The topological polar surface area (TPSA) is 149 Å². The number of nitrogens with zero attached hydrogens (tertiary/aromatic N) is 1. The van der Waals surface area contributed by atoms with Gasteiger partial charge in [0.25, 0.3) is 5.91 Å². The van der Waals surface area contributed by atoms with Crippen LogP contribution in [0.15, 0.2) is 29.4 Å². The minimum absolute atomic E-state index is 0.234. The van der Waals surface area contributed by atoms with Gasteiger partial charge in [0.15, 0.2) is 6.61 Å². The van der Waals surface area contributed by atoms with Crippen LogP contribution in [0.3, 0.4) is 0 Å². The van der Waals surface area contributed by atoms with E-state index in [4.69, 9.17) is 15.2 Å². The van der Waals surface area contributed by atoms with Gasteiger partial charge in [-0.05, 0) is 61.6 Å². The molecule has 0 saturated carbocycles. The Morgan fingerprint density at radius 3 is 2.50 bits per heavy atom. The van der Waals surface area contributed by atoms with Crippen molar-refractivity contribution >= 4 is 45.7 Å². The van der Waals surface area contributed by atoms with Gasteiger partial charge in [-0.15, -0.1) is 11.3 Å². The van der Waals surface area contributed by atoms with Crippen LogP contribution in [0.2, 0.25) is 0 Å². The van der Waals surface area contributed by atoms with E-state index in [0.717, 1.165) is 29.7 Å². The molecular formula is C21H22N4O6S. The number of nitrogens with one attached hydrogen (secondary N) is 2. The number of rotatable bonds is 7. The fourth-order valence-corrected chi connectivity index (χ4v) is 4.44. The molecule has 1 aromatic heterocycles. The van der Waals surface area contributed by atoms with E-state index in [1.807, 2.05) is 0 Å². The van der Waals surface area contributed by atoms with E-state index in [1.54, 1.807) is 31.2 Å². The number of hydrogen-bond donors (Lipinski definition) is 3. The van der Waals surface area contributed by atoms with Gasteiger partial charge in [-0.1, -0.05) is 0 Å². The Labute approximate surface area is 187 Å². The molecule has 4 N–H and O–H groups in total. The van der Waals surface area contributed by atoms with Crippen LogP contribution in [-0.4, -0.2) is 43.1 Å². The minimum Gasteiger partial charge on any atom is -0.484 e. The Hall–Kier alpha value is -3.73. The number of primary amides is 1. The van der Waals surface area contributed by atoms with Crippen LogP contribution in [0, 0.1) is 0 Å². The third kappa shape index (κ3) is 5.30. The molecular weight excluding hydrogens is 436 g/mol. The molecule has 168 valence electrons. The average Bonchev–Trinajstić information content (AvgIpc) is 3.36. The van der Waals surface area contributed by atoms with Gasteiger partial charge in [-0.3, -0.25) is 14.4 Å². The summed E-state index contributed by atoms with van der Waals surface area (Å²) in [6.07, 6.45) is 2.49. The summed E-state index contributed by atoms with van der Waals surface area (Å²) >= 11 is 1.28. The molecule has 0 radical (unpaired) electrons. The number of amides is 3. The Morgan fingerprint density at radius 2 is 1.84 bits per heavy atom. The van der Waals surface area contributed by atoms with E-state index < -0.39 is 23.7 Å². The highest BCUT2D eigenvalue weighted by Gasteiger charge is 2.29. The van der Waals surface area contributed by atoms with Gasteiger partial charge >= 0.3 is 17.8 Å². The second-order valence-corrected chi connectivity index (χ2v) is 8.03. The first-order chi connectivity index (χ1) is 15.3. The van der Waals surface area contributed by atoms with Crippen molar-refractivity contribution in [2.24, 2.45) is 10.8 Å². The lowest BCUT2D eigenvalue weighted by Gasteiger charge is -2.07. The lowest BCUT2D eigenvalue weighted by Crippen LogP contribution is -2.33. The minimum atomic E-state index is -0.977. The maximum Gasteiger partial charge on any atom is 0.341 e. The summed E-state index contributed by atoms with van der Waals surface area (Å²) in [5.41, 5.74) is 9.52. The molecule has 0 unspecified atom stereocenters. The smallest absolute Gasteiger partial charge is 0.341 e. The molecule has 1 aliphatic rings. The SMILES string of the molecule is COC(=O)c1c(NC(=O)C(=O)N/N=C(\C)c2ccc(OCC(N)=O)cc2)sc2c1CCC2. The van der Waals surface area contributed by atoms with Crippen molar-refractivity contribution in [3.05, 3.63) is 45.8 Å². The van der Waals surface area contributed by atoms with E-state index in [-0.39, 0.29) is 6.61 Å². The van der Waals surface area contributed by atoms with Crippen LogP contribution in [0.5, 0.6) is 5.75 Å². The Kier molecular flexibility index (Phi) is 7.21. The normalized spacial score (nSPS) is 12.6. The number of hydrazone groups is 1. The Balaban J connectivity index is 1.62. The van der Waals surface area contributed by atoms with E-state index in [9.17, 15) is 19.2 Å². The van der Waals surface area contributed by atoms with Gasteiger partial charge in [0.2, 0.25) is 0 Å². The predicted molar refractivity (Wildman–Crippen MR) is 118 cm³/mol. The molecule has 0 saturated heterocycles. The number of nitrogens with two attached hydrogens (primary N) is 1. The van der Waals surface area contributed by atoms with Gasteiger partial charge in [0, 0.05) is 4.88 Å². The quantitative estimate of drug-likeness (QED) is 0.247. The molecule has 1 aromatic carbocycles. The van der Waals surface area contributed by atoms with E-state index in [0.29, 0.717) is 27.6 Å². The van der Waals surface area contributed by atoms with Crippen molar-refractivity contribution in [2.45, 2.75) is 26.2 Å². The number of thiophene rings is 1. The van der Waals surface area contributed by atoms with E-state index in [1.165, 1.54) is 18.4 Å². The fourth-order valence-electron chi connectivity index (χ4n) is 3.17. The molecule has 3 amide bonds. The van der Waals surface area contributed by atoms with Crippen LogP contribution < -0.4 is 21.2 Å². The molecule has 0 atom stereocenters. The molecule has 11 heteroatoms. The van der Waals surface area contributed by atoms with Crippen molar-refractivity contribution in [3.63, 3.8) is 0 Å². The zero-order chi connectivity index (χ0) is 23.3. The molecule has 0 bridgehead atoms. The number of methoxy groups -OCH3 is 1. The Bertz CT molecular complexity index is 1090. The highest BCUT2D eigenvalue weighted by Crippen LogP contribution is 2.39. The van der Waals surface area contributed by atoms with Crippen LogP contribution in [0.4, 0.5) is 5.00 Å². The van der Waals surface area contributed by atoms with Crippen molar-refractivity contribution in [3.8, 4) is 5.75 Å². The Morgan fingerprint density at radius 1 is 1.12 bits per heavy atom. The lowest BCUT2D eigenvalue weighted by molar-refractivity contribution is -0.136. The third-order valence-corrected chi connectivity index (χ3v) is 5.93. The molecule has 0 aliphatic heterocycles. The van der Waals surface area contributed by atoms with Crippen LogP contribution >= 0.6 is 11.3 Å². The first-order valence-electron chi connectivity index (χ1n) is 9.70. The zero-order valence-corrected chi connectivity index (χ0v) is 18.3. The summed E-state index contributed by atoms with van der Waals surface area (Å²) < 4.78 is 10.0. The number of esters is 1. The van der Waals surface area contributed by atoms with Gasteiger partial charge in [0.1, 0.15) is 10.8 Å². The maximum atomic E-state index is 12.3. The lowest BCUT2D eigenvalue weighted by atomic mass is 10.1. The number of aryl methyl sites for hydroxylation is 1. The van der Waals surface area contributed by atoms with E-state index >= 15 is 0 Å². The second-order valence-electron chi connectivity index (χ2n) is 6.92. The molecule has 1 aliphatic carbocycles. The highest BCUT2D eigenvalue weighted by atomic mass is 32.1. The van der Waals surface area contributed by atoms with Gasteiger partial charge in [0.05, 0.1) is 18.4 Å². The van der Waals surface area contributed by atoms with Crippen LogP contribution in [0.1, 0.15) is 39.7 Å². The zero-order valence-electron chi connectivity index (χ0n) is 17.5. The first kappa shape index (κ1) is 22.9. The molecule has 10 nitrogen and oxygen atoms in total. The number of carbonyl (C=O) groups excluding carboxylic acids is 4. The summed E-state index contributed by atoms with van der Waals surface area (Å²) in [4.78, 5) is 48.5. The summed E-state index contributed by atoms with van der Waals surface area (Å²) in [6, 6.07) is 6.60. The summed E-state index contributed by atoms with van der Waals surface area (Å²) in [6.45, 7) is 1.42. The van der Waals surface area contributed by atoms with E-state index in [2.05, 4.69) is 15.8 Å². The third-order valence-electron chi connectivity index (χ3n) is 4.72. The molecule has 3 rings (SSSR count). The summed E-state index contributed by atoms with van der Waals surface area (Å²) in [7, 11) is 1.27. The molecule has 0 spiro atoms. The highest BCUT2D eigenvalue weighted by molar-refractivity contribution is 7.17. The number of carbonyl (C=O) groups is 4. The maximum absolute atomic E-state index is 12.3. The molecule has 2 aromatic rings. The van der Waals surface area contributed by atoms with Crippen molar-refractivity contribution in [1.29, 1.82) is 0 Å². The number of benzene rings is 1. The van der Waals surface area contributed by atoms with Crippen molar-refractivity contribution in [2.75, 3.05) is 19.0 Å². The number of anilines is 1. The van der Waals surface area contributed by atoms with Gasteiger partial charge < -0.3 is 20.5 Å². The fraction of sp³-hybridized carbons (Fsp3) is 0.286. The first-order valence-corrected chi connectivity index (χ1v) is 10.5. The molecule has 32 heavy (non-hydrogen) atoms. The van der Waals surface area contributed by atoms with Gasteiger partial charge in [-0.2, -0.15) is 5.10 Å². The molecule has 1 heterocycles. The number of ether oxygens (including phenoxy) is 2. The van der Waals surface area contributed by atoms with Crippen molar-refractivity contribution in [1.82, 2.24) is 5.43 Å². The average molecular weight is 458 g/mol. The number of hydrogen-bond acceptors (Lipinski definition) is 8. The standard InChI is InChI=1S/C21H22N4O6S/c1-11(12-6-8-13(9-7-12)31-10-16(22)26)24-25-19(28)18(27)23-20-17(21(29)30-2)14-4-3-5-15(14)32-20/h6-9H,3-5,10H2,1-2H3,(H2,22,26)(H,23,27)(H,25,28)/b24-11+. The second kappa shape index (κ2) is 10.1. The number of fused-ring (bicyclic) bond motifs is 1. The van der Waals surface area contributed by atoms with Crippen LogP contribution in [0.25, 0.3) is 0 Å². The summed E-state index contributed by atoms with van der Waals surface area (Å²) in [5.74, 6) is -2.60. The monoisotopic (exact) mass is 458 g/mol. The summed E-state index contributed by atoms with van der Waals surface area (Å²) in [5, 5.41) is 6.73. The molecule has 0 fully saturated rings.